The van der Waals surface area contributed by atoms with E-state index in [0.717, 1.165) is 28.7 Å². The highest BCUT2D eigenvalue weighted by Gasteiger charge is 2.18. The van der Waals surface area contributed by atoms with Crippen LogP contribution in [0.1, 0.15) is 39.1 Å². The van der Waals surface area contributed by atoms with Crippen molar-refractivity contribution in [3.63, 3.8) is 0 Å². The molecule has 6 nitrogen and oxygen atoms in total. The Labute approximate surface area is 191 Å². The quantitative estimate of drug-likeness (QED) is 0.321. The van der Waals surface area contributed by atoms with Gasteiger partial charge in [0, 0.05) is 12.1 Å². The molecular formula is C23H24ClN5OS. The van der Waals surface area contributed by atoms with Crippen molar-refractivity contribution in [1.82, 2.24) is 25.0 Å². The summed E-state index contributed by atoms with van der Waals surface area (Å²) in [6.45, 7) is 9.48. The van der Waals surface area contributed by atoms with Gasteiger partial charge in [0.15, 0.2) is 11.0 Å². The van der Waals surface area contributed by atoms with Gasteiger partial charge in [0.05, 0.1) is 16.3 Å². The molecule has 0 aliphatic heterocycles. The highest BCUT2D eigenvalue weighted by Crippen LogP contribution is 2.30. The van der Waals surface area contributed by atoms with Crippen LogP contribution in [0.2, 0.25) is 5.02 Å². The largest absolute Gasteiger partial charge is 0.420 e. The van der Waals surface area contributed by atoms with Crippen LogP contribution in [0.4, 0.5) is 0 Å². The summed E-state index contributed by atoms with van der Waals surface area (Å²) in [5.74, 6) is 2.28. The molecule has 160 valence electrons. The highest BCUT2D eigenvalue weighted by molar-refractivity contribution is 7.98. The molecule has 4 aromatic rings. The first-order valence-corrected chi connectivity index (χ1v) is 11.5. The maximum absolute atomic E-state index is 6.22. The molecule has 0 bridgehead atoms. The molecule has 0 aliphatic rings. The van der Waals surface area contributed by atoms with Crippen molar-refractivity contribution in [1.29, 1.82) is 0 Å². The van der Waals surface area contributed by atoms with Crippen molar-refractivity contribution >= 4 is 23.4 Å². The van der Waals surface area contributed by atoms with E-state index < -0.39 is 0 Å². The molecular weight excluding hydrogens is 430 g/mol. The molecule has 0 radical (unpaired) electrons. The molecule has 0 saturated heterocycles. The second-order valence-corrected chi connectivity index (χ2v) is 9.50. The van der Waals surface area contributed by atoms with Gasteiger partial charge in [0.25, 0.3) is 0 Å². The van der Waals surface area contributed by atoms with Crippen LogP contribution in [-0.4, -0.2) is 25.0 Å². The number of thioether (sulfide) groups is 1. The third-order valence-electron chi connectivity index (χ3n) is 4.94. The Kier molecular flexibility index (Phi) is 6.16. The molecule has 0 atom stereocenters. The van der Waals surface area contributed by atoms with Gasteiger partial charge in [-0.25, -0.2) is 0 Å². The third-order valence-corrected chi connectivity index (χ3v) is 6.22. The fourth-order valence-corrected chi connectivity index (χ4v) is 4.25. The number of aromatic nitrogens is 5. The van der Waals surface area contributed by atoms with Gasteiger partial charge in [-0.2, -0.15) is 0 Å². The van der Waals surface area contributed by atoms with Crippen LogP contribution < -0.4 is 0 Å². The Morgan fingerprint density at radius 3 is 2.39 bits per heavy atom. The second-order valence-electron chi connectivity index (χ2n) is 8.15. The average Bonchev–Trinajstić information content (AvgIpc) is 3.38. The Hall–Kier alpha value is -2.64. The Morgan fingerprint density at radius 1 is 0.968 bits per heavy atom. The SMILES string of the molecule is CCn1c(SCc2nnc(-c3ccccc3Cl)o2)nnc1-c1ccc(C(C)(C)C)cc1. The number of halogens is 1. The summed E-state index contributed by atoms with van der Waals surface area (Å²) in [7, 11) is 0. The van der Waals surface area contributed by atoms with Crippen LogP contribution in [0, 0.1) is 0 Å². The number of nitrogens with zero attached hydrogens (tertiary/aromatic N) is 5. The summed E-state index contributed by atoms with van der Waals surface area (Å²) < 4.78 is 7.90. The number of hydrogen-bond donors (Lipinski definition) is 0. The first-order valence-electron chi connectivity index (χ1n) is 10.1. The van der Waals surface area contributed by atoms with Gasteiger partial charge in [-0.15, -0.1) is 20.4 Å². The fourth-order valence-electron chi connectivity index (χ4n) is 3.20. The summed E-state index contributed by atoms with van der Waals surface area (Å²) in [6, 6.07) is 15.9. The van der Waals surface area contributed by atoms with Gasteiger partial charge < -0.3 is 8.98 Å². The van der Waals surface area contributed by atoms with E-state index in [2.05, 4.69) is 76.9 Å². The van der Waals surface area contributed by atoms with Crippen molar-refractivity contribution < 1.29 is 4.42 Å². The maximum atomic E-state index is 6.22. The third kappa shape index (κ3) is 4.67. The lowest BCUT2D eigenvalue weighted by Crippen LogP contribution is -2.10. The molecule has 31 heavy (non-hydrogen) atoms. The molecule has 0 N–H and O–H groups in total. The van der Waals surface area contributed by atoms with Crippen molar-refractivity contribution in [2.24, 2.45) is 0 Å². The molecule has 0 aliphatic carbocycles. The zero-order valence-electron chi connectivity index (χ0n) is 18.0. The lowest BCUT2D eigenvalue weighted by atomic mass is 9.87. The van der Waals surface area contributed by atoms with Crippen LogP contribution in [0.15, 0.2) is 58.1 Å². The molecule has 8 heteroatoms. The van der Waals surface area contributed by atoms with Crippen molar-refractivity contribution in [2.75, 3.05) is 0 Å². The molecule has 4 rings (SSSR count). The predicted molar refractivity (Wildman–Crippen MR) is 124 cm³/mol. The van der Waals surface area contributed by atoms with E-state index in [9.17, 15) is 0 Å². The topological polar surface area (TPSA) is 69.6 Å². The highest BCUT2D eigenvalue weighted by atomic mass is 35.5. The molecule has 0 amide bonds. The van der Waals surface area contributed by atoms with Crippen molar-refractivity contribution in [3.05, 3.63) is 65.0 Å². The summed E-state index contributed by atoms with van der Waals surface area (Å²) >= 11 is 7.74. The average molecular weight is 454 g/mol. The van der Waals surface area contributed by atoms with Gasteiger partial charge >= 0.3 is 0 Å². The van der Waals surface area contributed by atoms with E-state index in [1.54, 1.807) is 6.07 Å². The number of hydrogen-bond acceptors (Lipinski definition) is 6. The van der Waals surface area contributed by atoms with Crippen LogP contribution in [0.25, 0.3) is 22.8 Å². The molecule has 0 fully saturated rings. The van der Waals surface area contributed by atoms with Gasteiger partial charge in [0.1, 0.15) is 0 Å². The summed E-state index contributed by atoms with van der Waals surface area (Å²) in [4.78, 5) is 0. The van der Waals surface area contributed by atoms with E-state index in [1.165, 1.54) is 17.3 Å². The first kappa shape index (κ1) is 21.6. The second kappa shape index (κ2) is 8.85. The number of rotatable bonds is 6. The van der Waals surface area contributed by atoms with Crippen molar-refractivity contribution in [2.45, 2.75) is 50.6 Å². The molecule has 0 unspecified atom stereocenters. The van der Waals surface area contributed by atoms with Crippen LogP contribution in [0.3, 0.4) is 0 Å². The van der Waals surface area contributed by atoms with E-state index >= 15 is 0 Å². The fraction of sp³-hybridized carbons (Fsp3) is 0.304. The zero-order valence-corrected chi connectivity index (χ0v) is 19.5. The van der Waals surface area contributed by atoms with Gasteiger partial charge in [0.2, 0.25) is 11.8 Å². The Balaban J connectivity index is 1.51. The summed E-state index contributed by atoms with van der Waals surface area (Å²) in [5, 5.41) is 18.5. The minimum absolute atomic E-state index is 0.116. The molecule has 0 spiro atoms. The van der Waals surface area contributed by atoms with Gasteiger partial charge in [-0.05, 0) is 30.0 Å². The first-order chi connectivity index (χ1) is 14.9. The van der Waals surface area contributed by atoms with E-state index in [-0.39, 0.29) is 5.41 Å². The van der Waals surface area contributed by atoms with E-state index in [0.29, 0.717) is 22.6 Å². The maximum Gasteiger partial charge on any atom is 0.249 e. The lowest BCUT2D eigenvalue weighted by molar-refractivity contribution is 0.528. The lowest BCUT2D eigenvalue weighted by Gasteiger charge is -2.19. The smallest absolute Gasteiger partial charge is 0.249 e. The monoisotopic (exact) mass is 453 g/mol. The molecule has 0 saturated carbocycles. The zero-order chi connectivity index (χ0) is 22.0. The van der Waals surface area contributed by atoms with E-state index in [1.807, 2.05) is 18.2 Å². The van der Waals surface area contributed by atoms with Gasteiger partial charge in [-0.1, -0.05) is 80.5 Å². The van der Waals surface area contributed by atoms with Crippen LogP contribution in [-0.2, 0) is 17.7 Å². The summed E-state index contributed by atoms with van der Waals surface area (Å²) in [6.07, 6.45) is 0. The van der Waals surface area contributed by atoms with Crippen LogP contribution in [0.5, 0.6) is 0 Å². The number of benzene rings is 2. The van der Waals surface area contributed by atoms with Crippen LogP contribution >= 0.6 is 23.4 Å². The molecule has 2 aromatic heterocycles. The van der Waals surface area contributed by atoms with Crippen molar-refractivity contribution in [3.8, 4) is 22.8 Å². The molecule has 2 aromatic carbocycles. The molecule has 2 heterocycles. The normalized spacial score (nSPS) is 11.8. The predicted octanol–water partition coefficient (Wildman–Crippen LogP) is 6.26. The van der Waals surface area contributed by atoms with Gasteiger partial charge in [-0.3, -0.25) is 0 Å². The minimum Gasteiger partial charge on any atom is -0.420 e. The standard InChI is InChI=1S/C23H24ClN5OS/c1-5-29-20(15-10-12-16(13-11-15)23(2,3)4)26-28-22(29)31-14-19-25-27-21(30-19)17-8-6-7-9-18(17)24/h6-13H,5,14H2,1-4H3. The van der Waals surface area contributed by atoms with E-state index in [4.69, 9.17) is 16.0 Å². The summed E-state index contributed by atoms with van der Waals surface area (Å²) in [5.41, 5.74) is 3.18. The Bertz CT molecular complexity index is 1180. The minimum atomic E-state index is 0.116. The Morgan fingerprint density at radius 2 is 1.71 bits per heavy atom.